The van der Waals surface area contributed by atoms with Crippen molar-refractivity contribution in [2.45, 2.75) is 139 Å². The van der Waals surface area contributed by atoms with Gasteiger partial charge < -0.3 is 45.7 Å². The number of carbonyl (C=O) groups is 6. The molecule has 0 bridgehead atoms. The number of rotatable bonds is 20. The summed E-state index contributed by atoms with van der Waals surface area (Å²) >= 11 is 0. The number of nitrogens with one attached hydrogen (secondary N) is 3. The van der Waals surface area contributed by atoms with Crippen molar-refractivity contribution >= 4 is 41.1 Å². The Kier molecular flexibility index (Phi) is 18.5. The Bertz CT molecular complexity index is 2470. The standard InChI is InChI=1S/C53H68F4N8O9/c1-31-27-35(54)11-18-40(31)45-32(2)52(3,53(55,56)57)74-47(45)51(71)65(37-19-21-60-42(28-37)48(58)68)24-22-61-49(69)33-9-12-36(13-10-33)63-43(66)8-6-25-72-38-14-16-39(17-15-38)73-26-23-62-50(70)41-29-44(67)64(4)46(41)34-7-5-20-59-30-34/h5,7,11,18-21,27-28,30,32-33,36,38-39,41,45-47H,6,8-10,12-17,22-26,29H2,1-4H3,(H2,58,68)(H,61,69)(H,62,70)(H,63,66)/t32-,33?,36?,38?,39?,41-,45-,46+,47+,52+/m0/s1. The van der Waals surface area contributed by atoms with E-state index in [9.17, 15) is 46.3 Å². The smallest absolute Gasteiger partial charge is 0.378 e. The molecule has 74 heavy (non-hydrogen) atoms. The Morgan fingerprint density at radius 1 is 0.919 bits per heavy atom. The second-order valence-electron chi connectivity index (χ2n) is 20.2. The molecule has 2 aromatic heterocycles. The van der Waals surface area contributed by atoms with E-state index in [0.29, 0.717) is 63.0 Å². The molecule has 21 heteroatoms. The molecule has 2 aliphatic carbocycles. The molecule has 402 valence electrons. The summed E-state index contributed by atoms with van der Waals surface area (Å²) in [6.45, 7) is 4.59. The molecule has 17 nitrogen and oxygen atoms in total. The summed E-state index contributed by atoms with van der Waals surface area (Å²) in [5.41, 5.74) is 4.11. The largest absolute Gasteiger partial charge is 0.417 e. The first-order valence-corrected chi connectivity index (χ1v) is 25.6. The van der Waals surface area contributed by atoms with E-state index in [1.165, 1.54) is 37.4 Å². The van der Waals surface area contributed by atoms with Gasteiger partial charge in [-0.25, -0.2) is 4.39 Å². The number of likely N-dealkylation sites (tertiary alicyclic amines) is 1. The number of alkyl halides is 3. The number of nitrogens with two attached hydrogens (primary N) is 1. The Morgan fingerprint density at radius 3 is 2.26 bits per heavy atom. The molecule has 4 aliphatic rings. The Balaban J connectivity index is 0.806. The zero-order valence-electron chi connectivity index (χ0n) is 42.3. The first-order chi connectivity index (χ1) is 35.2. The van der Waals surface area contributed by atoms with Gasteiger partial charge in [-0.1, -0.05) is 19.1 Å². The molecule has 0 unspecified atom stereocenters. The molecular formula is C53H68F4N8O9. The number of benzene rings is 1. The summed E-state index contributed by atoms with van der Waals surface area (Å²) in [4.78, 5) is 89.4. The lowest BCUT2D eigenvalue weighted by Gasteiger charge is -2.32. The van der Waals surface area contributed by atoms with Gasteiger partial charge in [0.05, 0.1) is 30.8 Å². The number of amides is 6. The summed E-state index contributed by atoms with van der Waals surface area (Å²) in [7, 11) is 1.71. The lowest BCUT2D eigenvalue weighted by Crippen LogP contribution is -2.49. The van der Waals surface area contributed by atoms with Gasteiger partial charge in [-0.2, -0.15) is 13.2 Å². The maximum atomic E-state index is 14.7. The Morgan fingerprint density at radius 2 is 1.61 bits per heavy atom. The maximum Gasteiger partial charge on any atom is 0.417 e. The monoisotopic (exact) mass is 1040 g/mol. The number of hydrogen-bond acceptors (Lipinski definition) is 11. The number of aryl methyl sites for hydroxylation is 1. The van der Waals surface area contributed by atoms with Crippen LogP contribution in [0.3, 0.4) is 0 Å². The van der Waals surface area contributed by atoms with Crippen molar-refractivity contribution in [3.05, 3.63) is 89.3 Å². The van der Waals surface area contributed by atoms with Crippen molar-refractivity contribution in [3.8, 4) is 0 Å². The van der Waals surface area contributed by atoms with E-state index < -0.39 is 53.3 Å². The summed E-state index contributed by atoms with van der Waals surface area (Å²) < 4.78 is 76.1. The zero-order chi connectivity index (χ0) is 53.3. The Labute approximate surface area is 428 Å². The Hall–Kier alpha value is -6.06. The lowest BCUT2D eigenvalue weighted by molar-refractivity contribution is -0.272. The highest BCUT2D eigenvalue weighted by atomic mass is 19.4. The number of pyridine rings is 2. The second-order valence-corrected chi connectivity index (χ2v) is 20.2. The van der Waals surface area contributed by atoms with Gasteiger partial charge in [0.2, 0.25) is 23.6 Å². The van der Waals surface area contributed by atoms with E-state index in [1.807, 2.05) is 6.07 Å². The number of ether oxygens (including phenoxy) is 3. The molecule has 7 rings (SSSR count). The van der Waals surface area contributed by atoms with E-state index in [-0.39, 0.29) is 91.2 Å². The van der Waals surface area contributed by atoms with Crippen molar-refractivity contribution in [1.82, 2.24) is 30.8 Å². The van der Waals surface area contributed by atoms with E-state index in [0.717, 1.165) is 49.1 Å². The van der Waals surface area contributed by atoms with Gasteiger partial charge in [-0.15, -0.1) is 0 Å². The molecule has 4 fully saturated rings. The fourth-order valence-corrected chi connectivity index (χ4v) is 11.0. The molecule has 0 radical (unpaired) electrons. The molecular weight excluding hydrogens is 969 g/mol. The number of carbonyl (C=O) groups excluding carboxylic acids is 6. The predicted molar refractivity (Wildman–Crippen MR) is 262 cm³/mol. The summed E-state index contributed by atoms with van der Waals surface area (Å²) in [6.07, 6.45) is 4.51. The van der Waals surface area contributed by atoms with Crippen LogP contribution in [0.4, 0.5) is 23.2 Å². The van der Waals surface area contributed by atoms with Gasteiger partial charge in [0.15, 0.2) is 5.60 Å². The number of hydrogen-bond donors (Lipinski definition) is 4. The van der Waals surface area contributed by atoms with E-state index in [4.69, 9.17) is 19.9 Å². The third-order valence-electron chi connectivity index (χ3n) is 15.4. The van der Waals surface area contributed by atoms with Crippen LogP contribution < -0.4 is 26.6 Å². The molecule has 5 N–H and O–H groups in total. The number of nitrogens with zero attached hydrogens (tertiary/aromatic N) is 4. The van der Waals surface area contributed by atoms with Crippen LogP contribution in [0, 0.1) is 30.5 Å². The highest BCUT2D eigenvalue weighted by Crippen LogP contribution is 2.54. The molecule has 6 atom stereocenters. The molecule has 3 aromatic rings. The summed E-state index contributed by atoms with van der Waals surface area (Å²) in [6, 6.07) is 9.49. The molecule has 1 aromatic carbocycles. The molecule has 2 saturated carbocycles. The number of halogens is 4. The maximum absolute atomic E-state index is 14.7. The van der Waals surface area contributed by atoms with Gasteiger partial charge in [-0.05, 0) is 119 Å². The first kappa shape index (κ1) is 55.7. The normalized spacial score (nSPS) is 27.1. The fourth-order valence-electron chi connectivity index (χ4n) is 11.0. The van der Waals surface area contributed by atoms with Crippen LogP contribution in [0.15, 0.2) is 61.1 Å². The van der Waals surface area contributed by atoms with Crippen LogP contribution in [0.1, 0.15) is 124 Å². The molecule has 2 saturated heterocycles. The summed E-state index contributed by atoms with van der Waals surface area (Å²) in [5, 5.41) is 8.88. The third-order valence-corrected chi connectivity index (χ3v) is 15.4. The highest BCUT2D eigenvalue weighted by Gasteiger charge is 2.66. The van der Waals surface area contributed by atoms with Crippen LogP contribution in [0.25, 0.3) is 0 Å². The predicted octanol–water partition coefficient (Wildman–Crippen LogP) is 5.75. The minimum absolute atomic E-state index is 0.0544. The average molecular weight is 1040 g/mol. The van der Waals surface area contributed by atoms with E-state index in [2.05, 4.69) is 25.9 Å². The number of primary amides is 1. The lowest BCUT2D eigenvalue weighted by atomic mass is 9.76. The van der Waals surface area contributed by atoms with Crippen molar-refractivity contribution in [1.29, 1.82) is 0 Å². The molecule has 4 heterocycles. The van der Waals surface area contributed by atoms with Crippen LogP contribution in [-0.4, -0.2) is 126 Å². The number of anilines is 1. The molecule has 6 amide bonds. The quantitative estimate of drug-likeness (QED) is 0.0788. The topological polar surface area (TPSA) is 224 Å². The van der Waals surface area contributed by atoms with Crippen LogP contribution in [0.5, 0.6) is 0 Å². The molecule has 2 aliphatic heterocycles. The summed E-state index contributed by atoms with van der Waals surface area (Å²) in [5.74, 6) is -6.33. The van der Waals surface area contributed by atoms with Gasteiger partial charge in [0.1, 0.15) is 17.6 Å². The zero-order valence-corrected chi connectivity index (χ0v) is 42.3. The SMILES string of the molecule is Cc1cc(F)ccc1[C@H]1[C@H](C(=O)N(CCNC(=O)C2CCC(NC(=O)CCCOC3CCC(OCCNC(=O)[C@H]4CC(=O)N(C)[C@@H]4c4cccnc4)CC3)CC2)c2ccnc(C(N)=O)c2)O[C@@](C)(C(F)(F)F)[C@H]1C. The highest BCUT2D eigenvalue weighted by molar-refractivity contribution is 5.99. The number of aromatic nitrogens is 2. The fraction of sp³-hybridized carbons (Fsp3) is 0.585. The van der Waals surface area contributed by atoms with Crippen molar-refractivity contribution in [2.24, 2.45) is 23.5 Å². The van der Waals surface area contributed by atoms with Gasteiger partial charge in [0, 0.05) is 94.2 Å². The third kappa shape index (κ3) is 13.2. The van der Waals surface area contributed by atoms with Gasteiger partial charge in [0.25, 0.3) is 11.8 Å². The first-order valence-electron chi connectivity index (χ1n) is 25.6. The van der Waals surface area contributed by atoms with E-state index in [1.54, 1.807) is 37.3 Å². The second kappa shape index (κ2) is 24.5. The van der Waals surface area contributed by atoms with E-state index >= 15 is 0 Å². The molecule has 0 spiro atoms. The average Bonchev–Trinajstić information content (AvgIpc) is 3.84. The van der Waals surface area contributed by atoms with Crippen LogP contribution in [-0.2, 0) is 38.2 Å². The van der Waals surface area contributed by atoms with Crippen molar-refractivity contribution in [3.63, 3.8) is 0 Å². The van der Waals surface area contributed by atoms with Crippen molar-refractivity contribution in [2.75, 3.05) is 44.8 Å². The minimum atomic E-state index is -4.88. The van der Waals surface area contributed by atoms with Crippen molar-refractivity contribution < 1.29 is 60.5 Å². The van der Waals surface area contributed by atoms with Crippen LogP contribution >= 0.6 is 0 Å². The van der Waals surface area contributed by atoms with Gasteiger partial charge in [-0.3, -0.25) is 38.7 Å². The van der Waals surface area contributed by atoms with Crippen LogP contribution in [0.2, 0.25) is 0 Å². The van der Waals surface area contributed by atoms with Gasteiger partial charge >= 0.3 is 6.18 Å². The minimum Gasteiger partial charge on any atom is -0.378 e.